The molecule has 0 atom stereocenters. The molecule has 2 aromatic carbocycles. The van der Waals surface area contributed by atoms with E-state index in [9.17, 15) is 14.4 Å². The number of thiophene rings is 2. The van der Waals surface area contributed by atoms with Crippen LogP contribution in [-0.4, -0.2) is 83.9 Å². The molecule has 1 amide bonds. The van der Waals surface area contributed by atoms with Gasteiger partial charge in [0.25, 0.3) is 5.91 Å². The summed E-state index contributed by atoms with van der Waals surface area (Å²) < 4.78 is 35.0. The van der Waals surface area contributed by atoms with Crippen molar-refractivity contribution >= 4 is 60.5 Å². The molecule has 12 heteroatoms. The van der Waals surface area contributed by atoms with E-state index in [4.69, 9.17) is 28.4 Å². The molecular weight excluding hydrogens is 618 g/mol. The molecule has 0 spiro atoms. The van der Waals surface area contributed by atoms with E-state index in [0.29, 0.717) is 72.1 Å². The van der Waals surface area contributed by atoms with Gasteiger partial charge in [-0.05, 0) is 48.4 Å². The van der Waals surface area contributed by atoms with Crippen molar-refractivity contribution in [2.24, 2.45) is 0 Å². The summed E-state index contributed by atoms with van der Waals surface area (Å²) in [5, 5.41) is 1.77. The highest BCUT2D eigenvalue weighted by Gasteiger charge is 2.18. The van der Waals surface area contributed by atoms with Crippen LogP contribution in [0, 0.1) is 0 Å². The number of ether oxygens (including phenoxy) is 6. The maximum atomic E-state index is 12.9. The zero-order chi connectivity index (χ0) is 32.3. The number of ketones is 1. The van der Waals surface area contributed by atoms with Gasteiger partial charge >= 0.3 is 5.97 Å². The molecule has 0 saturated heterocycles. The van der Waals surface area contributed by atoms with Gasteiger partial charge in [0.1, 0.15) is 0 Å². The maximum Gasteiger partial charge on any atom is 0.306 e. The fraction of sp³-hybridized carbons (Fsp3) is 0.424. The summed E-state index contributed by atoms with van der Waals surface area (Å²) in [6.07, 6.45) is 1.52. The molecular formula is C33H39NO9S2. The van der Waals surface area contributed by atoms with Crippen molar-refractivity contribution in [3.8, 4) is 23.0 Å². The highest BCUT2D eigenvalue weighted by molar-refractivity contribution is 7.21. The summed E-state index contributed by atoms with van der Waals surface area (Å²) >= 11 is 2.78. The predicted molar refractivity (Wildman–Crippen MR) is 176 cm³/mol. The minimum absolute atomic E-state index is 0.0289. The Labute approximate surface area is 270 Å². The quantitative estimate of drug-likeness (QED) is 0.0663. The molecule has 0 bridgehead atoms. The fourth-order valence-electron chi connectivity index (χ4n) is 4.61. The van der Waals surface area contributed by atoms with E-state index in [1.54, 1.807) is 40.2 Å². The Morgan fingerprint density at radius 2 is 1.29 bits per heavy atom. The number of methoxy groups -OCH3 is 3. The van der Waals surface area contributed by atoms with Gasteiger partial charge in [0.05, 0.1) is 50.2 Å². The number of amides is 1. The van der Waals surface area contributed by atoms with Gasteiger partial charge in [-0.3, -0.25) is 14.4 Å². The molecule has 0 saturated carbocycles. The Hall–Kier alpha value is -3.87. The van der Waals surface area contributed by atoms with Gasteiger partial charge in [-0.25, -0.2) is 0 Å². The van der Waals surface area contributed by atoms with E-state index >= 15 is 0 Å². The lowest BCUT2D eigenvalue weighted by atomic mass is 10.1. The molecule has 0 fully saturated rings. The van der Waals surface area contributed by atoms with Gasteiger partial charge in [0.15, 0.2) is 28.8 Å². The largest absolute Gasteiger partial charge is 0.493 e. The van der Waals surface area contributed by atoms with Crippen molar-refractivity contribution < 1.29 is 42.8 Å². The minimum Gasteiger partial charge on any atom is -0.493 e. The summed E-state index contributed by atoms with van der Waals surface area (Å²) in [6, 6.07) is 11.2. The van der Waals surface area contributed by atoms with Crippen molar-refractivity contribution in [1.82, 2.24) is 4.90 Å². The number of hydrogen-bond acceptors (Lipinski definition) is 11. The first-order chi connectivity index (χ1) is 21.8. The first kappa shape index (κ1) is 34.0. The van der Waals surface area contributed by atoms with Crippen molar-refractivity contribution in [3.05, 3.63) is 46.2 Å². The molecule has 10 nitrogen and oxygen atoms in total. The van der Waals surface area contributed by atoms with Crippen LogP contribution in [0.1, 0.15) is 52.0 Å². The molecule has 0 aliphatic carbocycles. The van der Waals surface area contributed by atoms with Crippen molar-refractivity contribution in [3.63, 3.8) is 0 Å². The summed E-state index contributed by atoms with van der Waals surface area (Å²) in [5.74, 6) is 1.80. The average Bonchev–Trinajstić information content (AvgIpc) is 3.66. The van der Waals surface area contributed by atoms with Crippen LogP contribution in [0.25, 0.3) is 20.2 Å². The standard InChI is InChI=1S/C33H39NO9S2/c1-6-41-32(36)10-9-23(35)30-17-21-15-26(24(39-4)19-28(21)44-30)42-13-8-14-43-27-16-22-18-31(45-29(22)20-25(27)40-5)33(37)34(2)11-7-12-38-3/h15-20H,6-14H2,1-5H3. The van der Waals surface area contributed by atoms with Crippen molar-refractivity contribution in [2.45, 2.75) is 32.6 Å². The Morgan fingerprint density at radius 3 is 1.84 bits per heavy atom. The van der Waals surface area contributed by atoms with Crippen LogP contribution in [0.3, 0.4) is 0 Å². The van der Waals surface area contributed by atoms with Crippen molar-refractivity contribution in [1.29, 1.82) is 0 Å². The number of esters is 1. The number of fused-ring (bicyclic) bond motifs is 2. The normalized spacial score (nSPS) is 11.0. The summed E-state index contributed by atoms with van der Waals surface area (Å²) in [7, 11) is 6.60. The maximum absolute atomic E-state index is 12.9. The number of benzene rings is 2. The smallest absolute Gasteiger partial charge is 0.306 e. The molecule has 0 aliphatic rings. The van der Waals surface area contributed by atoms with E-state index in [1.165, 1.54) is 22.7 Å². The van der Waals surface area contributed by atoms with Gasteiger partial charge < -0.3 is 33.3 Å². The number of Topliss-reactive ketones (excluding diaryl/α,β-unsaturated/α-hetero) is 1. The van der Waals surface area contributed by atoms with Crippen LogP contribution in [0.4, 0.5) is 0 Å². The number of rotatable bonds is 18. The molecule has 4 aromatic rings. The van der Waals surface area contributed by atoms with Gasteiger partial charge in [0.2, 0.25) is 0 Å². The SMILES string of the molecule is CCOC(=O)CCC(=O)c1cc2cc(OCCCOc3cc4cc(C(=O)N(C)CCCOC)sc4cc3OC)c(OC)cc2s1. The lowest BCUT2D eigenvalue weighted by Gasteiger charge is -2.15. The first-order valence-electron chi connectivity index (χ1n) is 14.7. The van der Waals surface area contributed by atoms with Gasteiger partial charge in [0, 0.05) is 61.7 Å². The zero-order valence-corrected chi connectivity index (χ0v) is 27.9. The number of hydrogen-bond donors (Lipinski definition) is 0. The summed E-state index contributed by atoms with van der Waals surface area (Å²) in [6.45, 7) is 4.00. The second-order valence-electron chi connectivity index (χ2n) is 10.2. The number of carbonyl (C=O) groups is 3. The highest BCUT2D eigenvalue weighted by atomic mass is 32.1. The minimum atomic E-state index is -0.377. The van der Waals surface area contributed by atoms with E-state index in [-0.39, 0.29) is 30.5 Å². The Balaban J connectivity index is 1.34. The van der Waals surface area contributed by atoms with Crippen molar-refractivity contribution in [2.75, 3.05) is 61.3 Å². The van der Waals surface area contributed by atoms with Crippen LogP contribution in [0.5, 0.6) is 23.0 Å². The van der Waals surface area contributed by atoms with E-state index in [0.717, 1.165) is 26.6 Å². The second kappa shape index (κ2) is 16.4. The van der Waals surface area contributed by atoms with Crippen LogP contribution >= 0.6 is 22.7 Å². The molecule has 0 aliphatic heterocycles. The van der Waals surface area contributed by atoms with Crippen LogP contribution < -0.4 is 18.9 Å². The molecule has 45 heavy (non-hydrogen) atoms. The van der Waals surface area contributed by atoms with Gasteiger partial charge in [-0.2, -0.15) is 0 Å². The monoisotopic (exact) mass is 657 g/mol. The molecule has 0 radical (unpaired) electrons. The highest BCUT2D eigenvalue weighted by Crippen LogP contribution is 2.38. The lowest BCUT2D eigenvalue weighted by molar-refractivity contribution is -0.143. The van der Waals surface area contributed by atoms with Crippen LogP contribution in [-0.2, 0) is 14.3 Å². The topological polar surface area (TPSA) is 110 Å². The molecule has 0 unspecified atom stereocenters. The van der Waals surface area contributed by atoms with E-state index in [1.807, 2.05) is 36.4 Å². The third kappa shape index (κ3) is 8.86. The molecule has 4 rings (SSSR count). The molecule has 0 N–H and O–H groups in total. The summed E-state index contributed by atoms with van der Waals surface area (Å²) in [5.41, 5.74) is 0. The van der Waals surface area contributed by atoms with Crippen LogP contribution in [0.2, 0.25) is 0 Å². The molecule has 242 valence electrons. The third-order valence-corrected chi connectivity index (χ3v) is 9.17. The Morgan fingerprint density at radius 1 is 0.711 bits per heavy atom. The Bertz CT molecular complexity index is 1630. The van der Waals surface area contributed by atoms with Gasteiger partial charge in [-0.15, -0.1) is 22.7 Å². The first-order valence-corrected chi connectivity index (χ1v) is 16.3. The Kier molecular flexibility index (Phi) is 12.4. The third-order valence-electron chi connectivity index (χ3n) is 6.94. The second-order valence-corrected chi connectivity index (χ2v) is 12.3. The average molecular weight is 658 g/mol. The molecule has 2 heterocycles. The predicted octanol–water partition coefficient (Wildman–Crippen LogP) is 6.62. The van der Waals surface area contributed by atoms with Gasteiger partial charge in [-0.1, -0.05) is 0 Å². The fourth-order valence-corrected chi connectivity index (χ4v) is 6.72. The number of carbonyl (C=O) groups excluding carboxylic acids is 3. The van der Waals surface area contributed by atoms with E-state index in [2.05, 4.69) is 0 Å². The summed E-state index contributed by atoms with van der Waals surface area (Å²) in [4.78, 5) is 40.1. The lowest BCUT2D eigenvalue weighted by Crippen LogP contribution is -2.27. The zero-order valence-electron chi connectivity index (χ0n) is 26.3. The van der Waals surface area contributed by atoms with Crippen LogP contribution in [0.15, 0.2) is 36.4 Å². The molecule has 2 aromatic heterocycles. The van der Waals surface area contributed by atoms with E-state index < -0.39 is 0 Å². The number of nitrogens with zero attached hydrogens (tertiary/aromatic N) is 1.